The summed E-state index contributed by atoms with van der Waals surface area (Å²) in [5.41, 5.74) is 0.987. The fourth-order valence-electron chi connectivity index (χ4n) is 2.15. The Labute approximate surface area is 124 Å². The van der Waals surface area contributed by atoms with E-state index in [0.717, 1.165) is 5.56 Å². The first kappa shape index (κ1) is 14.8. The average molecular weight is 282 g/mol. The number of benzene rings is 1. The second kappa shape index (κ2) is 7.25. The Balaban J connectivity index is 1.89. The van der Waals surface area contributed by atoms with Crippen LogP contribution in [0.3, 0.4) is 0 Å². The van der Waals surface area contributed by atoms with Crippen molar-refractivity contribution in [1.82, 2.24) is 14.9 Å². The van der Waals surface area contributed by atoms with Crippen LogP contribution in [0.4, 0.5) is 0 Å². The van der Waals surface area contributed by atoms with Crippen molar-refractivity contribution in [2.75, 3.05) is 0 Å². The van der Waals surface area contributed by atoms with E-state index in [1.807, 2.05) is 48.0 Å². The third kappa shape index (κ3) is 4.46. The predicted molar refractivity (Wildman–Crippen MR) is 79.1 cm³/mol. The largest absolute Gasteiger partial charge is 0.351 e. The minimum absolute atomic E-state index is 0.0571. The summed E-state index contributed by atoms with van der Waals surface area (Å²) in [7, 11) is 0. The number of aromatic nitrogens is 2. The van der Waals surface area contributed by atoms with Crippen LogP contribution < -0.4 is 5.32 Å². The molecule has 21 heavy (non-hydrogen) atoms. The third-order valence-corrected chi connectivity index (χ3v) is 3.19. The molecule has 0 aliphatic carbocycles. The number of carbonyl (C=O) groups excluding carboxylic acids is 1. The van der Waals surface area contributed by atoms with Crippen molar-refractivity contribution >= 4 is 5.91 Å². The summed E-state index contributed by atoms with van der Waals surface area (Å²) < 4.78 is 1.89. The van der Waals surface area contributed by atoms with Gasteiger partial charge in [0.05, 0.1) is 12.4 Å². The van der Waals surface area contributed by atoms with Crippen LogP contribution in [-0.2, 0) is 17.8 Å². The quantitative estimate of drug-likeness (QED) is 0.877. The number of nitrogens with one attached hydrogen (secondary N) is 1. The summed E-state index contributed by atoms with van der Waals surface area (Å²) in [4.78, 5) is 16.1. The smallest absolute Gasteiger partial charge is 0.237 e. The molecule has 0 spiro atoms. The Kier molecular flexibility index (Phi) is 5.10. The third-order valence-electron chi connectivity index (χ3n) is 3.19. The lowest BCUT2D eigenvalue weighted by Crippen LogP contribution is -2.39. The summed E-state index contributed by atoms with van der Waals surface area (Å²) >= 11 is 0. The maximum Gasteiger partial charge on any atom is 0.237 e. The first-order valence-corrected chi connectivity index (χ1v) is 6.88. The zero-order valence-electron chi connectivity index (χ0n) is 11.9. The number of hydrogen-bond acceptors (Lipinski definition) is 3. The van der Waals surface area contributed by atoms with Gasteiger partial charge in [0.1, 0.15) is 5.92 Å². The minimum Gasteiger partial charge on any atom is -0.351 e. The second-order valence-electron chi connectivity index (χ2n) is 5.04. The highest BCUT2D eigenvalue weighted by atomic mass is 16.1. The highest BCUT2D eigenvalue weighted by molar-refractivity contribution is 5.81. The van der Waals surface area contributed by atoms with Crippen molar-refractivity contribution in [2.45, 2.75) is 25.9 Å². The van der Waals surface area contributed by atoms with Crippen LogP contribution in [0.25, 0.3) is 0 Å². The Morgan fingerprint density at radius 1 is 1.43 bits per heavy atom. The standard InChI is InChI=1S/C16H18N4O/c1-13(11-20-8-7-18-12-20)19-16(21)15(10-17)9-14-5-3-2-4-6-14/h2-8,12-13,15H,9,11H2,1H3,(H,19,21). The summed E-state index contributed by atoms with van der Waals surface area (Å²) in [5.74, 6) is -0.897. The van der Waals surface area contributed by atoms with E-state index in [9.17, 15) is 10.1 Å². The molecule has 5 heteroatoms. The van der Waals surface area contributed by atoms with Gasteiger partial charge in [0.15, 0.2) is 0 Å². The van der Waals surface area contributed by atoms with Gasteiger partial charge in [0, 0.05) is 25.0 Å². The van der Waals surface area contributed by atoms with E-state index in [2.05, 4.69) is 16.4 Å². The van der Waals surface area contributed by atoms with Gasteiger partial charge >= 0.3 is 0 Å². The molecule has 0 aliphatic rings. The molecular weight excluding hydrogens is 264 g/mol. The number of imidazole rings is 1. The average Bonchev–Trinajstić information content (AvgIpc) is 2.98. The molecule has 1 N–H and O–H groups in total. The SMILES string of the molecule is CC(Cn1ccnc1)NC(=O)C(C#N)Cc1ccccc1. The molecule has 1 amide bonds. The zero-order chi connectivity index (χ0) is 15.1. The number of rotatable bonds is 6. The van der Waals surface area contributed by atoms with E-state index in [1.54, 1.807) is 12.5 Å². The monoisotopic (exact) mass is 282 g/mol. The zero-order valence-corrected chi connectivity index (χ0v) is 11.9. The molecule has 5 nitrogen and oxygen atoms in total. The van der Waals surface area contributed by atoms with Crippen molar-refractivity contribution in [3.63, 3.8) is 0 Å². The van der Waals surface area contributed by atoms with E-state index in [4.69, 9.17) is 0 Å². The Bertz CT molecular complexity index is 601. The van der Waals surface area contributed by atoms with Crippen molar-refractivity contribution < 1.29 is 4.79 Å². The van der Waals surface area contributed by atoms with E-state index >= 15 is 0 Å². The van der Waals surface area contributed by atoms with Gasteiger partial charge in [-0.15, -0.1) is 0 Å². The van der Waals surface area contributed by atoms with E-state index in [1.165, 1.54) is 0 Å². The number of hydrogen-bond donors (Lipinski definition) is 1. The molecule has 0 aliphatic heterocycles. The first-order chi connectivity index (χ1) is 10.2. The Morgan fingerprint density at radius 2 is 2.19 bits per heavy atom. The molecule has 1 aromatic carbocycles. The highest BCUT2D eigenvalue weighted by Gasteiger charge is 2.20. The number of nitrogens with zero attached hydrogens (tertiary/aromatic N) is 3. The van der Waals surface area contributed by atoms with Crippen LogP contribution >= 0.6 is 0 Å². The van der Waals surface area contributed by atoms with Gasteiger partial charge in [-0.1, -0.05) is 30.3 Å². The predicted octanol–water partition coefficient (Wildman–Crippen LogP) is 1.77. The van der Waals surface area contributed by atoms with Gasteiger partial charge in [0.25, 0.3) is 0 Å². The second-order valence-corrected chi connectivity index (χ2v) is 5.04. The van der Waals surface area contributed by atoms with Crippen molar-refractivity contribution in [3.05, 3.63) is 54.6 Å². The van der Waals surface area contributed by atoms with E-state index in [-0.39, 0.29) is 11.9 Å². The summed E-state index contributed by atoms with van der Waals surface area (Å²) in [6, 6.07) is 11.6. The Morgan fingerprint density at radius 3 is 2.81 bits per heavy atom. The summed E-state index contributed by atoms with van der Waals surface area (Å²) in [6.07, 6.45) is 5.67. The topological polar surface area (TPSA) is 70.7 Å². The maximum atomic E-state index is 12.2. The van der Waals surface area contributed by atoms with Crippen LogP contribution in [0, 0.1) is 17.2 Å². The van der Waals surface area contributed by atoms with Gasteiger partial charge in [-0.05, 0) is 18.9 Å². The maximum absolute atomic E-state index is 12.2. The fourth-order valence-corrected chi connectivity index (χ4v) is 2.15. The minimum atomic E-state index is -0.669. The molecule has 2 unspecified atom stereocenters. The highest BCUT2D eigenvalue weighted by Crippen LogP contribution is 2.08. The van der Waals surface area contributed by atoms with E-state index in [0.29, 0.717) is 13.0 Å². The Hall–Kier alpha value is -2.61. The van der Waals surface area contributed by atoms with Gasteiger partial charge in [-0.2, -0.15) is 5.26 Å². The van der Waals surface area contributed by atoms with Crippen LogP contribution in [0.5, 0.6) is 0 Å². The van der Waals surface area contributed by atoms with Gasteiger partial charge < -0.3 is 9.88 Å². The molecule has 108 valence electrons. The van der Waals surface area contributed by atoms with Crippen molar-refractivity contribution in [1.29, 1.82) is 5.26 Å². The summed E-state index contributed by atoms with van der Waals surface area (Å²) in [5, 5.41) is 12.1. The van der Waals surface area contributed by atoms with Crippen LogP contribution in [0.15, 0.2) is 49.1 Å². The van der Waals surface area contributed by atoms with Crippen molar-refractivity contribution in [3.8, 4) is 6.07 Å². The van der Waals surface area contributed by atoms with Crippen LogP contribution in [0.1, 0.15) is 12.5 Å². The lowest BCUT2D eigenvalue weighted by molar-refractivity contribution is -0.124. The lowest BCUT2D eigenvalue weighted by Gasteiger charge is -2.16. The molecule has 0 saturated carbocycles. The summed E-state index contributed by atoms with van der Waals surface area (Å²) in [6.45, 7) is 2.55. The first-order valence-electron chi connectivity index (χ1n) is 6.88. The molecular formula is C16H18N4O. The normalized spacial score (nSPS) is 13.1. The fraction of sp³-hybridized carbons (Fsp3) is 0.312. The molecule has 2 rings (SSSR count). The molecule has 0 saturated heterocycles. The van der Waals surface area contributed by atoms with Gasteiger partial charge in [0.2, 0.25) is 5.91 Å². The van der Waals surface area contributed by atoms with Crippen LogP contribution in [-0.4, -0.2) is 21.5 Å². The molecule has 1 heterocycles. The number of amides is 1. The van der Waals surface area contributed by atoms with Gasteiger partial charge in [-0.3, -0.25) is 4.79 Å². The molecule has 2 atom stereocenters. The van der Waals surface area contributed by atoms with E-state index < -0.39 is 5.92 Å². The molecule has 0 bridgehead atoms. The number of nitriles is 1. The molecule has 0 fully saturated rings. The molecule has 2 aromatic rings. The van der Waals surface area contributed by atoms with Crippen molar-refractivity contribution in [2.24, 2.45) is 5.92 Å². The van der Waals surface area contributed by atoms with Crippen LogP contribution in [0.2, 0.25) is 0 Å². The number of carbonyl (C=O) groups is 1. The van der Waals surface area contributed by atoms with Gasteiger partial charge in [-0.25, -0.2) is 4.98 Å². The molecule has 0 radical (unpaired) electrons. The lowest BCUT2D eigenvalue weighted by atomic mass is 9.99. The molecule has 1 aromatic heterocycles.